The number of hydrogen-bond donors (Lipinski definition) is 0. The number of allylic oxidation sites excluding steroid dienone is 1. The monoisotopic (exact) mass is 142 g/mol. The third-order valence-electron chi connectivity index (χ3n) is 1.85. The second kappa shape index (κ2) is 3.62. The van der Waals surface area contributed by atoms with Crippen LogP contribution in [0.3, 0.4) is 0 Å². The van der Waals surface area contributed by atoms with E-state index >= 15 is 0 Å². The molecule has 0 N–H and O–H groups in total. The lowest BCUT2D eigenvalue weighted by atomic mass is 10.0. The van der Waals surface area contributed by atoms with Crippen molar-refractivity contribution in [2.45, 2.75) is 25.4 Å². The Kier molecular flexibility index (Phi) is 2.75. The van der Waals surface area contributed by atoms with Gasteiger partial charge in [-0.25, -0.2) is 0 Å². The van der Waals surface area contributed by atoms with Crippen LogP contribution in [0.5, 0.6) is 0 Å². The van der Waals surface area contributed by atoms with Crippen molar-refractivity contribution in [3.05, 3.63) is 11.8 Å². The van der Waals surface area contributed by atoms with Crippen LogP contribution in [0.4, 0.5) is 0 Å². The Bertz CT molecular complexity index is 129. The minimum Gasteiger partial charge on any atom is -0.501 e. The topological polar surface area (TPSA) is 18.5 Å². The SMILES string of the molecule is COC1=CC(OC)CCC1. The van der Waals surface area contributed by atoms with Crippen LogP contribution in [-0.2, 0) is 9.47 Å². The van der Waals surface area contributed by atoms with Crippen LogP contribution in [0, 0.1) is 0 Å². The fourth-order valence-electron chi connectivity index (χ4n) is 1.21. The molecule has 0 heterocycles. The van der Waals surface area contributed by atoms with E-state index in [0.29, 0.717) is 0 Å². The van der Waals surface area contributed by atoms with Gasteiger partial charge in [-0.05, 0) is 18.9 Å². The summed E-state index contributed by atoms with van der Waals surface area (Å²) in [6.07, 6.45) is 5.71. The first kappa shape index (κ1) is 7.61. The maximum Gasteiger partial charge on any atom is 0.0941 e. The highest BCUT2D eigenvalue weighted by Crippen LogP contribution is 2.19. The zero-order valence-corrected chi connectivity index (χ0v) is 6.59. The molecule has 1 aliphatic carbocycles. The zero-order chi connectivity index (χ0) is 7.40. The molecule has 0 saturated heterocycles. The predicted octanol–water partition coefficient (Wildman–Crippen LogP) is 1.72. The third kappa shape index (κ3) is 1.74. The van der Waals surface area contributed by atoms with Gasteiger partial charge in [0.2, 0.25) is 0 Å². The maximum atomic E-state index is 5.17. The fourth-order valence-corrected chi connectivity index (χ4v) is 1.21. The summed E-state index contributed by atoms with van der Waals surface area (Å²) in [7, 11) is 3.45. The van der Waals surface area contributed by atoms with Crippen molar-refractivity contribution in [3.63, 3.8) is 0 Å². The minimum absolute atomic E-state index is 0.281. The molecule has 0 aromatic heterocycles. The van der Waals surface area contributed by atoms with Crippen LogP contribution in [0.2, 0.25) is 0 Å². The van der Waals surface area contributed by atoms with E-state index in [2.05, 4.69) is 6.08 Å². The summed E-state index contributed by atoms with van der Waals surface area (Å²) in [5.74, 6) is 1.07. The van der Waals surface area contributed by atoms with Gasteiger partial charge in [0.05, 0.1) is 19.0 Å². The first-order valence-corrected chi connectivity index (χ1v) is 3.64. The fraction of sp³-hybridized carbons (Fsp3) is 0.750. The van der Waals surface area contributed by atoms with Crippen molar-refractivity contribution in [2.75, 3.05) is 14.2 Å². The average Bonchev–Trinajstić information content (AvgIpc) is 2.05. The lowest BCUT2D eigenvalue weighted by Gasteiger charge is -2.18. The summed E-state index contributed by atoms with van der Waals surface area (Å²) >= 11 is 0. The molecule has 0 bridgehead atoms. The third-order valence-corrected chi connectivity index (χ3v) is 1.85. The average molecular weight is 142 g/mol. The van der Waals surface area contributed by atoms with Crippen molar-refractivity contribution >= 4 is 0 Å². The van der Waals surface area contributed by atoms with Crippen LogP contribution in [0.1, 0.15) is 19.3 Å². The summed E-state index contributed by atoms with van der Waals surface area (Å²) < 4.78 is 10.3. The molecule has 0 saturated carbocycles. The molecule has 0 amide bonds. The van der Waals surface area contributed by atoms with E-state index in [0.717, 1.165) is 18.6 Å². The van der Waals surface area contributed by atoms with Gasteiger partial charge in [0.1, 0.15) is 0 Å². The molecule has 0 spiro atoms. The molecule has 2 heteroatoms. The number of rotatable bonds is 2. The first-order valence-electron chi connectivity index (χ1n) is 3.64. The van der Waals surface area contributed by atoms with Gasteiger partial charge in [0.25, 0.3) is 0 Å². The summed E-state index contributed by atoms with van der Waals surface area (Å²) in [6.45, 7) is 0. The van der Waals surface area contributed by atoms with E-state index in [1.807, 2.05) is 0 Å². The van der Waals surface area contributed by atoms with Crippen LogP contribution in [-0.4, -0.2) is 20.3 Å². The van der Waals surface area contributed by atoms with Crippen LogP contribution >= 0.6 is 0 Å². The highest BCUT2D eigenvalue weighted by Gasteiger charge is 2.12. The molecule has 0 fully saturated rings. The van der Waals surface area contributed by atoms with Gasteiger partial charge in [-0.15, -0.1) is 0 Å². The van der Waals surface area contributed by atoms with Gasteiger partial charge >= 0.3 is 0 Å². The van der Waals surface area contributed by atoms with Gasteiger partial charge < -0.3 is 9.47 Å². The summed E-state index contributed by atoms with van der Waals surface area (Å²) in [5, 5.41) is 0. The van der Waals surface area contributed by atoms with E-state index < -0.39 is 0 Å². The number of methoxy groups -OCH3 is 2. The number of ether oxygens (including phenoxy) is 2. The van der Waals surface area contributed by atoms with E-state index in [-0.39, 0.29) is 6.10 Å². The van der Waals surface area contributed by atoms with E-state index in [9.17, 15) is 0 Å². The molecular formula is C8H14O2. The standard InChI is InChI=1S/C8H14O2/c1-9-7-4-3-5-8(6-7)10-2/h6-7H,3-5H2,1-2H3. The molecule has 10 heavy (non-hydrogen) atoms. The lowest BCUT2D eigenvalue weighted by Crippen LogP contribution is -2.12. The van der Waals surface area contributed by atoms with Gasteiger partial charge in [-0.2, -0.15) is 0 Å². The molecule has 1 rings (SSSR count). The van der Waals surface area contributed by atoms with Crippen LogP contribution < -0.4 is 0 Å². The second-order valence-electron chi connectivity index (χ2n) is 2.50. The zero-order valence-electron chi connectivity index (χ0n) is 6.59. The van der Waals surface area contributed by atoms with Gasteiger partial charge in [0, 0.05) is 13.5 Å². The molecule has 58 valence electrons. The van der Waals surface area contributed by atoms with Crippen molar-refractivity contribution in [1.29, 1.82) is 0 Å². The molecule has 1 unspecified atom stereocenters. The Morgan fingerprint density at radius 3 is 2.90 bits per heavy atom. The summed E-state index contributed by atoms with van der Waals surface area (Å²) in [5.41, 5.74) is 0. The van der Waals surface area contributed by atoms with Gasteiger partial charge in [-0.3, -0.25) is 0 Å². The minimum atomic E-state index is 0.281. The van der Waals surface area contributed by atoms with E-state index in [1.54, 1.807) is 14.2 Å². The van der Waals surface area contributed by atoms with Crippen LogP contribution in [0.15, 0.2) is 11.8 Å². The van der Waals surface area contributed by atoms with E-state index in [4.69, 9.17) is 9.47 Å². The lowest BCUT2D eigenvalue weighted by molar-refractivity contribution is 0.115. The molecule has 2 nitrogen and oxygen atoms in total. The number of hydrogen-bond acceptors (Lipinski definition) is 2. The molecule has 1 aliphatic rings. The Balaban J connectivity index is 2.48. The summed E-state index contributed by atoms with van der Waals surface area (Å²) in [6, 6.07) is 0. The van der Waals surface area contributed by atoms with Gasteiger partial charge in [-0.1, -0.05) is 0 Å². The Hall–Kier alpha value is -0.500. The predicted molar refractivity (Wildman–Crippen MR) is 39.7 cm³/mol. The highest BCUT2D eigenvalue weighted by atomic mass is 16.5. The van der Waals surface area contributed by atoms with Crippen molar-refractivity contribution in [2.24, 2.45) is 0 Å². The molecular weight excluding hydrogens is 128 g/mol. The Labute approximate surface area is 61.8 Å². The Morgan fingerprint density at radius 1 is 1.50 bits per heavy atom. The molecule has 0 radical (unpaired) electrons. The quantitative estimate of drug-likeness (QED) is 0.584. The second-order valence-corrected chi connectivity index (χ2v) is 2.50. The highest BCUT2D eigenvalue weighted by molar-refractivity contribution is 5.01. The van der Waals surface area contributed by atoms with Crippen molar-refractivity contribution in [1.82, 2.24) is 0 Å². The van der Waals surface area contributed by atoms with Crippen LogP contribution in [0.25, 0.3) is 0 Å². The van der Waals surface area contributed by atoms with Crippen molar-refractivity contribution in [3.8, 4) is 0 Å². The normalized spacial score (nSPS) is 25.8. The van der Waals surface area contributed by atoms with Gasteiger partial charge in [0.15, 0.2) is 0 Å². The molecule has 0 aromatic carbocycles. The first-order chi connectivity index (χ1) is 4.86. The smallest absolute Gasteiger partial charge is 0.0941 e. The summed E-state index contributed by atoms with van der Waals surface area (Å²) in [4.78, 5) is 0. The molecule has 0 aromatic rings. The molecule has 0 aliphatic heterocycles. The molecule has 1 atom stereocenters. The van der Waals surface area contributed by atoms with Crippen molar-refractivity contribution < 1.29 is 9.47 Å². The largest absolute Gasteiger partial charge is 0.501 e. The van der Waals surface area contributed by atoms with E-state index in [1.165, 1.54) is 6.42 Å². The maximum absolute atomic E-state index is 5.17. The Morgan fingerprint density at radius 2 is 2.30 bits per heavy atom.